The molecule has 2 heteroatoms. The number of nitrogens with one attached hydrogen (secondary N) is 1. The second-order valence-corrected chi connectivity index (χ2v) is 3.81. The lowest BCUT2D eigenvalue weighted by atomic mass is 9.94. The molecular weight excluding hydrogens is 198 g/mol. The molecule has 0 fully saturated rings. The van der Waals surface area contributed by atoms with Crippen LogP contribution < -0.4 is 5.32 Å². The van der Waals surface area contributed by atoms with E-state index in [0.717, 1.165) is 24.8 Å². The highest BCUT2D eigenvalue weighted by atomic mass is 16.1. The van der Waals surface area contributed by atoms with Gasteiger partial charge in [-0.15, -0.1) is 0 Å². The first kappa shape index (κ1) is 10.7. The summed E-state index contributed by atoms with van der Waals surface area (Å²) in [6.07, 6.45) is 9.34. The molecule has 0 aliphatic heterocycles. The highest BCUT2D eigenvalue weighted by Gasteiger charge is 2.14. The van der Waals surface area contributed by atoms with E-state index in [4.69, 9.17) is 0 Å². The van der Waals surface area contributed by atoms with Gasteiger partial charge in [0.05, 0.1) is 6.04 Å². The third-order valence-electron chi connectivity index (χ3n) is 2.72. The van der Waals surface area contributed by atoms with E-state index in [1.54, 1.807) is 0 Å². The van der Waals surface area contributed by atoms with Gasteiger partial charge in [0, 0.05) is 0 Å². The van der Waals surface area contributed by atoms with E-state index in [0.29, 0.717) is 0 Å². The normalized spacial score (nSPS) is 16.4. The molecule has 0 saturated carbocycles. The first-order chi connectivity index (χ1) is 7.92. The fraction of sp³-hybridized carbons (Fsp3) is 0.214. The van der Waals surface area contributed by atoms with Crippen LogP contribution in [-0.4, -0.2) is 6.41 Å². The van der Waals surface area contributed by atoms with Crippen LogP contribution in [-0.2, 0) is 4.79 Å². The fourth-order valence-corrected chi connectivity index (χ4v) is 1.95. The Kier molecular flexibility index (Phi) is 3.54. The van der Waals surface area contributed by atoms with E-state index in [-0.39, 0.29) is 6.04 Å². The molecule has 1 unspecified atom stereocenters. The topological polar surface area (TPSA) is 29.1 Å². The van der Waals surface area contributed by atoms with Crippen LogP contribution in [0.2, 0.25) is 0 Å². The zero-order valence-corrected chi connectivity index (χ0v) is 9.10. The van der Waals surface area contributed by atoms with Crippen molar-refractivity contribution >= 4 is 6.41 Å². The van der Waals surface area contributed by atoms with E-state index < -0.39 is 0 Å². The molecule has 0 spiro atoms. The maximum atomic E-state index is 10.7. The zero-order chi connectivity index (χ0) is 11.2. The average Bonchev–Trinajstić information content (AvgIpc) is 2.38. The van der Waals surface area contributed by atoms with Crippen LogP contribution in [0.1, 0.15) is 24.4 Å². The third kappa shape index (κ3) is 2.40. The van der Waals surface area contributed by atoms with Crippen molar-refractivity contribution in [3.63, 3.8) is 0 Å². The summed E-state index contributed by atoms with van der Waals surface area (Å²) in [7, 11) is 0. The van der Waals surface area contributed by atoms with Crippen molar-refractivity contribution in [3.05, 3.63) is 59.7 Å². The Hall–Kier alpha value is -1.83. The highest BCUT2D eigenvalue weighted by Crippen LogP contribution is 2.25. The molecule has 16 heavy (non-hydrogen) atoms. The maximum Gasteiger partial charge on any atom is 0.207 e. The molecule has 1 aliphatic carbocycles. The van der Waals surface area contributed by atoms with Gasteiger partial charge in [-0.05, 0) is 24.0 Å². The molecule has 1 aliphatic rings. The van der Waals surface area contributed by atoms with Crippen molar-refractivity contribution in [2.24, 2.45) is 0 Å². The molecule has 0 bridgehead atoms. The molecule has 2 nitrogen and oxygen atoms in total. The zero-order valence-electron chi connectivity index (χ0n) is 9.10. The Morgan fingerprint density at radius 2 is 2.00 bits per heavy atom. The third-order valence-corrected chi connectivity index (χ3v) is 2.72. The van der Waals surface area contributed by atoms with Crippen LogP contribution in [0.3, 0.4) is 0 Å². The van der Waals surface area contributed by atoms with Crippen LogP contribution in [0, 0.1) is 0 Å². The van der Waals surface area contributed by atoms with Crippen molar-refractivity contribution in [2.45, 2.75) is 18.9 Å². The molecule has 2 rings (SSSR count). The van der Waals surface area contributed by atoms with Gasteiger partial charge in [-0.3, -0.25) is 4.79 Å². The number of hydrogen-bond acceptors (Lipinski definition) is 1. The van der Waals surface area contributed by atoms with Crippen LogP contribution in [0.4, 0.5) is 0 Å². The second-order valence-electron chi connectivity index (χ2n) is 3.81. The number of allylic oxidation sites excluding steroid dienone is 2. The summed E-state index contributed by atoms with van der Waals surface area (Å²) in [5.74, 6) is 0. The Bertz CT molecular complexity index is 406. The fourth-order valence-electron chi connectivity index (χ4n) is 1.95. The summed E-state index contributed by atoms with van der Waals surface area (Å²) in [5.41, 5.74) is 2.29. The number of benzene rings is 1. The standard InChI is InChI=1S/C14H15NO/c16-11-15-14(12-7-3-1-4-8-12)13-9-5-2-6-10-13/h1,3-5,7-11,14H,2,6H2,(H,15,16). The summed E-state index contributed by atoms with van der Waals surface area (Å²) in [6, 6.07) is 10.0. The Morgan fingerprint density at radius 1 is 1.19 bits per heavy atom. The molecule has 82 valence electrons. The minimum atomic E-state index is -0.0183. The van der Waals surface area contributed by atoms with Crippen molar-refractivity contribution in [1.29, 1.82) is 0 Å². The Balaban J connectivity index is 2.26. The van der Waals surface area contributed by atoms with Crippen molar-refractivity contribution in [3.8, 4) is 0 Å². The minimum absolute atomic E-state index is 0.0183. The van der Waals surface area contributed by atoms with E-state index in [1.165, 1.54) is 5.57 Å². The minimum Gasteiger partial charge on any atom is -0.348 e. The van der Waals surface area contributed by atoms with Crippen molar-refractivity contribution in [1.82, 2.24) is 5.32 Å². The van der Waals surface area contributed by atoms with Crippen LogP contribution in [0.25, 0.3) is 0 Å². The molecular formula is C14H15NO. The predicted molar refractivity (Wildman–Crippen MR) is 64.8 cm³/mol. The number of amides is 1. The Labute approximate surface area is 95.7 Å². The molecule has 1 amide bonds. The summed E-state index contributed by atoms with van der Waals surface area (Å²) < 4.78 is 0. The average molecular weight is 213 g/mol. The van der Waals surface area contributed by atoms with Crippen molar-refractivity contribution in [2.75, 3.05) is 0 Å². The molecule has 1 N–H and O–H groups in total. The lowest BCUT2D eigenvalue weighted by Crippen LogP contribution is -2.21. The molecule has 1 aromatic rings. The maximum absolute atomic E-state index is 10.7. The largest absolute Gasteiger partial charge is 0.348 e. The van der Waals surface area contributed by atoms with Gasteiger partial charge in [0.1, 0.15) is 0 Å². The van der Waals surface area contributed by atoms with E-state index in [2.05, 4.69) is 23.5 Å². The van der Waals surface area contributed by atoms with Crippen LogP contribution >= 0.6 is 0 Å². The summed E-state index contributed by atoms with van der Waals surface area (Å²) in [5, 5.41) is 2.87. The number of carbonyl (C=O) groups is 1. The quantitative estimate of drug-likeness (QED) is 0.765. The van der Waals surface area contributed by atoms with Gasteiger partial charge in [-0.1, -0.05) is 48.6 Å². The molecule has 1 atom stereocenters. The number of rotatable bonds is 4. The number of hydrogen-bond donors (Lipinski definition) is 1. The van der Waals surface area contributed by atoms with Crippen molar-refractivity contribution < 1.29 is 4.79 Å². The monoisotopic (exact) mass is 213 g/mol. The summed E-state index contributed by atoms with van der Waals surface area (Å²) in [6.45, 7) is 0. The molecule has 0 radical (unpaired) electrons. The predicted octanol–water partition coefficient (Wildman–Crippen LogP) is 2.75. The smallest absolute Gasteiger partial charge is 0.207 e. The van der Waals surface area contributed by atoms with Gasteiger partial charge in [-0.25, -0.2) is 0 Å². The van der Waals surface area contributed by atoms with Gasteiger partial charge in [0.15, 0.2) is 0 Å². The first-order valence-corrected chi connectivity index (χ1v) is 5.53. The lowest BCUT2D eigenvalue weighted by molar-refractivity contribution is -0.110. The van der Waals surface area contributed by atoms with Gasteiger partial charge in [0.25, 0.3) is 0 Å². The van der Waals surface area contributed by atoms with Gasteiger partial charge in [-0.2, -0.15) is 0 Å². The summed E-state index contributed by atoms with van der Waals surface area (Å²) >= 11 is 0. The number of carbonyl (C=O) groups excluding carboxylic acids is 1. The van der Waals surface area contributed by atoms with E-state index in [1.807, 2.05) is 30.3 Å². The molecule has 0 aromatic heterocycles. The van der Waals surface area contributed by atoms with E-state index >= 15 is 0 Å². The van der Waals surface area contributed by atoms with Gasteiger partial charge in [0.2, 0.25) is 6.41 Å². The molecule has 1 aromatic carbocycles. The second kappa shape index (κ2) is 5.31. The van der Waals surface area contributed by atoms with Gasteiger partial charge >= 0.3 is 0 Å². The SMILES string of the molecule is O=CNC(C1=CCCC=C1)c1ccccc1. The first-order valence-electron chi connectivity index (χ1n) is 5.53. The van der Waals surface area contributed by atoms with Crippen LogP contribution in [0.15, 0.2) is 54.1 Å². The molecule has 0 heterocycles. The lowest BCUT2D eigenvalue weighted by Gasteiger charge is -2.19. The highest BCUT2D eigenvalue weighted by molar-refractivity contribution is 5.51. The molecule has 0 saturated heterocycles. The summed E-state index contributed by atoms with van der Waals surface area (Å²) in [4.78, 5) is 10.7. The van der Waals surface area contributed by atoms with Crippen LogP contribution in [0.5, 0.6) is 0 Å². The van der Waals surface area contributed by atoms with Gasteiger partial charge < -0.3 is 5.32 Å². The Morgan fingerprint density at radius 3 is 2.62 bits per heavy atom. The van der Waals surface area contributed by atoms with E-state index in [9.17, 15) is 4.79 Å².